The van der Waals surface area contributed by atoms with Gasteiger partial charge in [0.15, 0.2) is 0 Å². The smallest absolute Gasteiger partial charge is 0.117 e. The first-order valence-corrected chi connectivity index (χ1v) is 7.00. The molecule has 0 unspecified atom stereocenters. The largest absolute Gasteiger partial charge is 0.508 e. The van der Waals surface area contributed by atoms with Crippen LogP contribution >= 0.6 is 15.9 Å². The van der Waals surface area contributed by atoms with Gasteiger partial charge in [-0.15, -0.1) is 0 Å². The number of nitrogens with two attached hydrogens (primary N) is 1. The van der Waals surface area contributed by atoms with Crippen molar-refractivity contribution in [3.8, 4) is 5.75 Å². The maximum atomic E-state index is 9.62. The molecule has 2 aromatic rings. The van der Waals surface area contributed by atoms with E-state index >= 15 is 0 Å². The zero-order valence-corrected chi connectivity index (χ0v) is 12.4. The Labute approximate surface area is 121 Å². The van der Waals surface area contributed by atoms with Crippen molar-refractivity contribution in [3.05, 3.63) is 52.5 Å². The third kappa shape index (κ3) is 3.08. The molecule has 0 spiro atoms. The molecule has 19 heavy (non-hydrogen) atoms. The minimum Gasteiger partial charge on any atom is -0.508 e. The highest BCUT2D eigenvalue weighted by molar-refractivity contribution is 9.10. The summed E-state index contributed by atoms with van der Waals surface area (Å²) in [6.07, 6.45) is 0. The molecule has 0 atom stereocenters. The average molecular weight is 321 g/mol. The van der Waals surface area contributed by atoms with Crippen molar-refractivity contribution < 1.29 is 5.11 Å². The number of rotatable bonds is 4. The lowest BCUT2D eigenvalue weighted by Crippen LogP contribution is -2.18. The van der Waals surface area contributed by atoms with E-state index in [1.165, 1.54) is 0 Å². The fourth-order valence-corrected chi connectivity index (χ4v) is 2.54. The van der Waals surface area contributed by atoms with Crippen LogP contribution < -0.4 is 10.6 Å². The highest BCUT2D eigenvalue weighted by atomic mass is 79.9. The molecule has 0 fully saturated rings. The molecule has 0 radical (unpaired) electrons. The van der Waals surface area contributed by atoms with Gasteiger partial charge in [-0.25, -0.2) is 0 Å². The van der Waals surface area contributed by atoms with Crippen LogP contribution in [-0.2, 0) is 6.54 Å². The second-order valence-corrected chi connectivity index (χ2v) is 5.16. The Morgan fingerprint density at radius 3 is 2.63 bits per heavy atom. The van der Waals surface area contributed by atoms with Crippen molar-refractivity contribution in [1.29, 1.82) is 0 Å². The van der Waals surface area contributed by atoms with Gasteiger partial charge < -0.3 is 15.7 Å². The van der Waals surface area contributed by atoms with Crippen molar-refractivity contribution in [2.24, 2.45) is 5.73 Å². The number of nitrogens with zero attached hydrogens (tertiary/aromatic N) is 1. The zero-order valence-electron chi connectivity index (χ0n) is 10.8. The molecule has 3 N–H and O–H groups in total. The van der Waals surface area contributed by atoms with Gasteiger partial charge in [-0.1, -0.05) is 22.0 Å². The lowest BCUT2D eigenvalue weighted by molar-refractivity contribution is 0.475. The summed E-state index contributed by atoms with van der Waals surface area (Å²) in [5.41, 5.74) is 8.92. The molecule has 2 aromatic carbocycles. The first-order valence-electron chi connectivity index (χ1n) is 6.20. The molecule has 4 heteroatoms. The second-order valence-electron chi connectivity index (χ2n) is 4.24. The summed E-state index contributed by atoms with van der Waals surface area (Å²) in [5.74, 6) is 0.266. The van der Waals surface area contributed by atoms with Crippen LogP contribution in [0.4, 0.5) is 11.4 Å². The van der Waals surface area contributed by atoms with E-state index in [-0.39, 0.29) is 5.75 Å². The van der Waals surface area contributed by atoms with Gasteiger partial charge in [0.05, 0.1) is 0 Å². The number of benzene rings is 2. The van der Waals surface area contributed by atoms with Crippen LogP contribution in [0.1, 0.15) is 12.5 Å². The summed E-state index contributed by atoms with van der Waals surface area (Å²) < 4.78 is 1.02. The summed E-state index contributed by atoms with van der Waals surface area (Å²) in [6.45, 7) is 3.36. The molecule has 0 heterocycles. The number of anilines is 2. The predicted molar refractivity (Wildman–Crippen MR) is 82.8 cm³/mol. The van der Waals surface area contributed by atoms with E-state index in [4.69, 9.17) is 5.73 Å². The van der Waals surface area contributed by atoms with Crippen molar-refractivity contribution in [3.63, 3.8) is 0 Å². The monoisotopic (exact) mass is 320 g/mol. The Morgan fingerprint density at radius 1 is 1.21 bits per heavy atom. The second kappa shape index (κ2) is 6.08. The molecular formula is C15H17BrN2O. The van der Waals surface area contributed by atoms with E-state index in [1.807, 2.05) is 30.3 Å². The number of hydrogen-bond acceptors (Lipinski definition) is 3. The summed E-state index contributed by atoms with van der Waals surface area (Å²) in [4.78, 5) is 2.13. The Morgan fingerprint density at radius 2 is 2.00 bits per heavy atom. The van der Waals surface area contributed by atoms with E-state index in [0.717, 1.165) is 28.0 Å². The molecule has 0 aromatic heterocycles. The maximum absolute atomic E-state index is 9.62. The Balaban J connectivity index is 2.48. The number of halogens is 1. The van der Waals surface area contributed by atoms with E-state index in [2.05, 4.69) is 27.8 Å². The summed E-state index contributed by atoms with van der Waals surface area (Å²) >= 11 is 3.46. The molecule has 3 nitrogen and oxygen atoms in total. The SMILES string of the molecule is CCN(c1cccc(O)c1)c1ccc(Br)cc1CN. The number of aromatic hydroxyl groups is 1. The molecule has 0 saturated heterocycles. The molecular weight excluding hydrogens is 304 g/mol. The molecule has 0 saturated carbocycles. The Hall–Kier alpha value is -1.52. The molecule has 0 aliphatic rings. The van der Waals surface area contributed by atoms with Gasteiger partial charge in [0.2, 0.25) is 0 Å². The minimum absolute atomic E-state index is 0.266. The molecule has 100 valence electrons. The van der Waals surface area contributed by atoms with E-state index in [1.54, 1.807) is 12.1 Å². The lowest BCUT2D eigenvalue weighted by atomic mass is 10.1. The third-order valence-corrected chi connectivity index (χ3v) is 3.50. The Kier molecular flexibility index (Phi) is 4.45. The summed E-state index contributed by atoms with van der Waals surface area (Å²) in [5, 5.41) is 9.62. The van der Waals surface area contributed by atoms with Crippen molar-refractivity contribution in [2.75, 3.05) is 11.4 Å². The van der Waals surface area contributed by atoms with Crippen LogP contribution in [-0.4, -0.2) is 11.7 Å². The molecule has 0 aliphatic carbocycles. The zero-order chi connectivity index (χ0) is 13.8. The van der Waals surface area contributed by atoms with Crippen LogP contribution in [0.25, 0.3) is 0 Å². The van der Waals surface area contributed by atoms with Crippen LogP contribution in [0.15, 0.2) is 46.9 Å². The van der Waals surface area contributed by atoms with E-state index < -0.39 is 0 Å². The topological polar surface area (TPSA) is 49.5 Å². The minimum atomic E-state index is 0.266. The van der Waals surface area contributed by atoms with Crippen LogP contribution in [0, 0.1) is 0 Å². The molecule has 0 aliphatic heterocycles. The predicted octanol–water partition coefficient (Wildman–Crippen LogP) is 3.77. The van der Waals surface area contributed by atoms with Gasteiger partial charge in [-0.05, 0) is 42.8 Å². The van der Waals surface area contributed by atoms with Crippen LogP contribution in [0.3, 0.4) is 0 Å². The summed E-state index contributed by atoms with van der Waals surface area (Å²) in [7, 11) is 0. The maximum Gasteiger partial charge on any atom is 0.117 e. The van der Waals surface area contributed by atoms with Gasteiger partial charge >= 0.3 is 0 Å². The molecule has 0 bridgehead atoms. The lowest BCUT2D eigenvalue weighted by Gasteiger charge is -2.26. The third-order valence-electron chi connectivity index (χ3n) is 3.01. The van der Waals surface area contributed by atoms with Crippen LogP contribution in [0.5, 0.6) is 5.75 Å². The standard InChI is InChI=1S/C15H17BrN2O/c1-2-18(13-4-3-5-14(19)9-13)15-7-6-12(16)8-11(15)10-17/h3-9,19H,2,10,17H2,1H3. The summed E-state index contributed by atoms with van der Waals surface area (Å²) in [6, 6.07) is 13.3. The van der Waals surface area contributed by atoms with Gasteiger partial charge in [-0.2, -0.15) is 0 Å². The normalized spacial score (nSPS) is 10.5. The molecule has 0 amide bonds. The first kappa shape index (κ1) is 13.9. The van der Waals surface area contributed by atoms with Gasteiger partial charge in [-0.3, -0.25) is 0 Å². The van der Waals surface area contributed by atoms with Crippen molar-refractivity contribution >= 4 is 27.3 Å². The average Bonchev–Trinajstić information content (AvgIpc) is 2.41. The van der Waals surface area contributed by atoms with Crippen molar-refractivity contribution in [2.45, 2.75) is 13.5 Å². The molecule has 2 rings (SSSR count). The van der Waals surface area contributed by atoms with Gasteiger partial charge in [0.1, 0.15) is 5.75 Å². The first-order chi connectivity index (χ1) is 9.15. The highest BCUT2D eigenvalue weighted by Crippen LogP contribution is 2.31. The van der Waals surface area contributed by atoms with Crippen LogP contribution in [0.2, 0.25) is 0 Å². The van der Waals surface area contributed by atoms with Gasteiger partial charge in [0.25, 0.3) is 0 Å². The quantitative estimate of drug-likeness (QED) is 0.901. The van der Waals surface area contributed by atoms with E-state index in [0.29, 0.717) is 6.54 Å². The fraction of sp³-hybridized carbons (Fsp3) is 0.200. The number of phenolic OH excluding ortho intramolecular Hbond substituents is 1. The number of phenols is 1. The van der Waals surface area contributed by atoms with Crippen molar-refractivity contribution in [1.82, 2.24) is 0 Å². The highest BCUT2D eigenvalue weighted by Gasteiger charge is 2.12. The fourth-order valence-electron chi connectivity index (χ4n) is 2.13. The van der Waals surface area contributed by atoms with Gasteiger partial charge in [0, 0.05) is 35.0 Å². The number of hydrogen-bond donors (Lipinski definition) is 2. The Bertz CT molecular complexity index is 572. The van der Waals surface area contributed by atoms with E-state index in [9.17, 15) is 5.11 Å².